The Hall–Kier alpha value is -1.80. The summed E-state index contributed by atoms with van der Waals surface area (Å²) in [5.41, 5.74) is 2.07. The van der Waals surface area contributed by atoms with Crippen molar-refractivity contribution in [1.29, 1.82) is 0 Å². The maximum Gasteiger partial charge on any atom is 0.142 e. The number of hydrogen-bond acceptors (Lipinski definition) is 6. The van der Waals surface area contributed by atoms with Gasteiger partial charge in [-0.3, -0.25) is 0 Å². The van der Waals surface area contributed by atoms with Crippen molar-refractivity contribution in [3.05, 3.63) is 45.8 Å². The summed E-state index contributed by atoms with van der Waals surface area (Å²) in [6, 6.07) is 4.62. The largest absolute Gasteiger partial charge is 0.383 e. The lowest BCUT2D eigenvalue weighted by Gasteiger charge is -2.25. The quantitative estimate of drug-likeness (QED) is 0.506. The van der Waals surface area contributed by atoms with Crippen LogP contribution >= 0.6 is 22.9 Å². The van der Waals surface area contributed by atoms with Gasteiger partial charge in [-0.25, -0.2) is 14.4 Å². The lowest BCUT2D eigenvalue weighted by molar-refractivity contribution is 0.157. The lowest BCUT2D eigenvalue weighted by atomic mass is 9.85. The Kier molecular flexibility index (Phi) is 6.83. The molecule has 0 spiro atoms. The fraction of sp³-hybridized carbons (Fsp3) is 0.455. The van der Waals surface area contributed by atoms with Crippen LogP contribution in [0.5, 0.6) is 0 Å². The molecular weight excluding hydrogens is 423 g/mol. The van der Waals surface area contributed by atoms with E-state index in [0.29, 0.717) is 11.6 Å². The molecular formula is C22H26ClFN4OS. The van der Waals surface area contributed by atoms with Crippen LogP contribution in [0.2, 0.25) is 5.02 Å². The Labute approximate surface area is 185 Å². The van der Waals surface area contributed by atoms with E-state index in [2.05, 4.69) is 27.2 Å². The molecule has 4 rings (SSSR count). The maximum atomic E-state index is 13.5. The number of aromatic nitrogens is 2. The third-order valence-electron chi connectivity index (χ3n) is 5.73. The van der Waals surface area contributed by atoms with E-state index in [-0.39, 0.29) is 5.02 Å². The van der Waals surface area contributed by atoms with E-state index < -0.39 is 5.82 Å². The van der Waals surface area contributed by atoms with Crippen LogP contribution in [0.15, 0.2) is 24.5 Å². The first-order valence-corrected chi connectivity index (χ1v) is 11.4. The van der Waals surface area contributed by atoms with Gasteiger partial charge in [0.05, 0.1) is 17.0 Å². The minimum atomic E-state index is -0.429. The van der Waals surface area contributed by atoms with Crippen LogP contribution in [0.4, 0.5) is 15.9 Å². The van der Waals surface area contributed by atoms with E-state index in [1.165, 1.54) is 29.3 Å². The van der Waals surface area contributed by atoms with Gasteiger partial charge in [0.25, 0.3) is 0 Å². The van der Waals surface area contributed by atoms with Gasteiger partial charge in [0.2, 0.25) is 0 Å². The zero-order valence-electron chi connectivity index (χ0n) is 17.3. The van der Waals surface area contributed by atoms with E-state index in [0.717, 1.165) is 48.6 Å². The molecule has 0 saturated carbocycles. The molecule has 0 fully saturated rings. The molecule has 5 nitrogen and oxygen atoms in total. The molecule has 30 heavy (non-hydrogen) atoms. The molecule has 2 aromatic heterocycles. The van der Waals surface area contributed by atoms with Crippen LogP contribution in [0.1, 0.15) is 23.3 Å². The highest BCUT2D eigenvalue weighted by Gasteiger charge is 2.25. The highest BCUT2D eigenvalue weighted by molar-refractivity contribution is 7.19. The van der Waals surface area contributed by atoms with Gasteiger partial charge in [-0.05, 0) is 69.0 Å². The summed E-state index contributed by atoms with van der Waals surface area (Å²) in [6.45, 7) is 2.83. The minimum Gasteiger partial charge on any atom is -0.383 e. The molecule has 1 atom stereocenters. The summed E-state index contributed by atoms with van der Waals surface area (Å²) in [5, 5.41) is 4.49. The van der Waals surface area contributed by atoms with E-state index >= 15 is 0 Å². The molecule has 1 unspecified atom stereocenters. The first-order valence-electron chi connectivity index (χ1n) is 10.2. The Morgan fingerprint density at radius 1 is 1.33 bits per heavy atom. The highest BCUT2D eigenvalue weighted by atomic mass is 35.5. The van der Waals surface area contributed by atoms with Crippen molar-refractivity contribution in [3.8, 4) is 0 Å². The zero-order valence-corrected chi connectivity index (χ0v) is 18.8. The average molecular weight is 449 g/mol. The van der Waals surface area contributed by atoms with Gasteiger partial charge >= 0.3 is 0 Å². The molecule has 3 aromatic rings. The van der Waals surface area contributed by atoms with Gasteiger partial charge in [-0.2, -0.15) is 0 Å². The van der Waals surface area contributed by atoms with Crippen molar-refractivity contribution in [3.63, 3.8) is 0 Å². The number of rotatable bonds is 8. The molecule has 0 aliphatic heterocycles. The van der Waals surface area contributed by atoms with Gasteiger partial charge in [0, 0.05) is 24.2 Å². The van der Waals surface area contributed by atoms with E-state index in [1.54, 1.807) is 36.9 Å². The van der Waals surface area contributed by atoms with Crippen LogP contribution in [-0.2, 0) is 17.6 Å². The van der Waals surface area contributed by atoms with Crippen LogP contribution in [-0.4, -0.2) is 48.7 Å². The Balaban J connectivity index is 1.51. The Bertz CT molecular complexity index is 1030. The van der Waals surface area contributed by atoms with Gasteiger partial charge in [0.15, 0.2) is 0 Å². The second kappa shape index (κ2) is 9.56. The number of fused-ring (bicyclic) bond motifs is 3. The summed E-state index contributed by atoms with van der Waals surface area (Å²) < 4.78 is 18.6. The number of halogens is 2. The molecule has 0 saturated heterocycles. The van der Waals surface area contributed by atoms with Gasteiger partial charge in [-0.15, -0.1) is 11.3 Å². The lowest BCUT2D eigenvalue weighted by Crippen LogP contribution is -2.26. The fourth-order valence-corrected chi connectivity index (χ4v) is 5.47. The maximum absolute atomic E-state index is 13.5. The van der Waals surface area contributed by atoms with E-state index in [1.807, 2.05) is 0 Å². The third kappa shape index (κ3) is 4.75. The molecule has 1 aliphatic carbocycles. The molecule has 8 heteroatoms. The molecule has 0 bridgehead atoms. The molecule has 1 aromatic carbocycles. The molecule has 160 valence electrons. The van der Waals surface area contributed by atoms with Crippen molar-refractivity contribution < 1.29 is 9.13 Å². The summed E-state index contributed by atoms with van der Waals surface area (Å²) in [6.07, 6.45) is 6.08. The number of nitrogens with one attached hydrogen (secondary N) is 1. The van der Waals surface area contributed by atoms with Crippen LogP contribution in [0, 0.1) is 11.7 Å². The zero-order chi connectivity index (χ0) is 21.1. The second-order valence-corrected chi connectivity index (χ2v) is 9.34. The number of likely N-dealkylation sites (N-methyl/N-ethyl adjacent to an activating group) is 1. The first kappa shape index (κ1) is 21.4. The van der Waals surface area contributed by atoms with Gasteiger partial charge < -0.3 is 15.0 Å². The van der Waals surface area contributed by atoms with E-state index in [9.17, 15) is 4.39 Å². The normalized spacial score (nSPS) is 16.2. The first-order chi connectivity index (χ1) is 14.5. The van der Waals surface area contributed by atoms with Crippen LogP contribution < -0.4 is 5.32 Å². The average Bonchev–Trinajstić information content (AvgIpc) is 3.12. The SMILES string of the molecule is COCCN(C)CCC1CCc2c(sc3ncnc(Nc4ccc(F)c(Cl)c4)c23)C1. The number of nitrogens with zero attached hydrogens (tertiary/aromatic N) is 3. The van der Waals surface area contributed by atoms with E-state index in [4.69, 9.17) is 16.3 Å². The monoisotopic (exact) mass is 448 g/mol. The molecule has 0 amide bonds. The van der Waals surface area contributed by atoms with Crippen molar-refractivity contribution in [2.24, 2.45) is 5.92 Å². The summed E-state index contributed by atoms with van der Waals surface area (Å²) >= 11 is 7.70. The second-order valence-electron chi connectivity index (χ2n) is 7.85. The van der Waals surface area contributed by atoms with Crippen molar-refractivity contribution in [2.75, 3.05) is 39.2 Å². The van der Waals surface area contributed by atoms with Crippen molar-refractivity contribution >= 4 is 44.7 Å². The number of methoxy groups -OCH3 is 1. The number of anilines is 2. The molecule has 2 heterocycles. The smallest absolute Gasteiger partial charge is 0.142 e. The van der Waals surface area contributed by atoms with Crippen molar-refractivity contribution in [1.82, 2.24) is 14.9 Å². The van der Waals surface area contributed by atoms with Crippen molar-refractivity contribution in [2.45, 2.75) is 25.7 Å². The van der Waals surface area contributed by atoms with Crippen LogP contribution in [0.25, 0.3) is 10.2 Å². The summed E-state index contributed by atoms with van der Waals surface area (Å²) in [7, 11) is 3.90. The fourth-order valence-electron chi connectivity index (χ4n) is 3.99. The Morgan fingerprint density at radius 3 is 3.00 bits per heavy atom. The summed E-state index contributed by atoms with van der Waals surface area (Å²) in [4.78, 5) is 13.7. The third-order valence-corrected chi connectivity index (χ3v) is 7.18. The standard InChI is InChI=1S/C22H26ClFN4OS/c1-28(9-10-29-2)8-7-14-3-5-16-19(11-14)30-22-20(16)21(25-13-26-22)27-15-4-6-18(24)17(23)12-15/h4,6,12-14H,3,5,7-11H2,1-2H3,(H,25,26,27). The van der Waals surface area contributed by atoms with Crippen LogP contribution in [0.3, 0.4) is 0 Å². The van der Waals surface area contributed by atoms with Gasteiger partial charge in [-0.1, -0.05) is 11.6 Å². The molecule has 0 radical (unpaired) electrons. The number of ether oxygens (including phenoxy) is 1. The number of hydrogen-bond donors (Lipinski definition) is 1. The Morgan fingerprint density at radius 2 is 2.20 bits per heavy atom. The topological polar surface area (TPSA) is 50.3 Å². The summed E-state index contributed by atoms with van der Waals surface area (Å²) in [5.74, 6) is 1.02. The van der Waals surface area contributed by atoms with Gasteiger partial charge in [0.1, 0.15) is 22.8 Å². The highest BCUT2D eigenvalue weighted by Crippen LogP contribution is 2.41. The number of thiophene rings is 1. The predicted octanol–water partition coefficient (Wildman–Crippen LogP) is 5.30. The predicted molar refractivity (Wildman–Crippen MR) is 122 cm³/mol. The minimum absolute atomic E-state index is 0.0935. The number of benzene rings is 1. The number of aryl methyl sites for hydroxylation is 1. The molecule has 1 aliphatic rings. The molecule has 1 N–H and O–H groups in total.